The summed E-state index contributed by atoms with van der Waals surface area (Å²) in [4.78, 5) is 15.6. The Kier molecular flexibility index (Phi) is 2.90. The standard InChI is InChI=1S/C9H8N5OS2/c1-2-3-14-8-4(17-9(14)16)5(10)12-7(13-8)6(11)15/h2-3,10H,1H3,(H2,11,15). The zero-order chi connectivity index (χ0) is 12.6. The van der Waals surface area contributed by atoms with Crippen molar-refractivity contribution in [3.8, 4) is 0 Å². The Balaban J connectivity index is 2.70. The van der Waals surface area contributed by atoms with Crippen LogP contribution >= 0.6 is 23.6 Å². The van der Waals surface area contributed by atoms with Gasteiger partial charge in [0.15, 0.2) is 15.6 Å². The molecule has 2 rings (SSSR count). The van der Waals surface area contributed by atoms with E-state index in [-0.39, 0.29) is 11.7 Å². The van der Waals surface area contributed by atoms with Crippen molar-refractivity contribution in [2.24, 2.45) is 10.7 Å². The van der Waals surface area contributed by atoms with Gasteiger partial charge in [0.1, 0.15) is 4.88 Å². The van der Waals surface area contributed by atoms with Gasteiger partial charge in [0.2, 0.25) is 5.84 Å². The normalized spacial score (nSPS) is 14.4. The Morgan fingerprint density at radius 1 is 1.65 bits per heavy atom. The first-order chi connectivity index (χ1) is 8.04. The van der Waals surface area contributed by atoms with Crippen LogP contribution < -0.4 is 11.1 Å². The summed E-state index contributed by atoms with van der Waals surface area (Å²) in [5.41, 5.74) is 5.11. The molecule has 87 valence electrons. The third-order valence-electron chi connectivity index (χ3n) is 1.98. The first-order valence-corrected chi connectivity index (χ1v) is 5.84. The van der Waals surface area contributed by atoms with Gasteiger partial charge in [0.05, 0.1) is 0 Å². The Labute approximate surface area is 106 Å². The topological polar surface area (TPSA) is 98.3 Å². The van der Waals surface area contributed by atoms with Gasteiger partial charge in [-0.05, 0) is 19.1 Å². The molecule has 0 bridgehead atoms. The van der Waals surface area contributed by atoms with E-state index < -0.39 is 5.91 Å². The van der Waals surface area contributed by atoms with E-state index in [2.05, 4.69) is 10.3 Å². The van der Waals surface area contributed by atoms with Gasteiger partial charge in [-0.25, -0.2) is 10.3 Å². The maximum Gasteiger partial charge on any atom is 0.286 e. The minimum absolute atomic E-state index is 0.0387. The van der Waals surface area contributed by atoms with Gasteiger partial charge in [-0.3, -0.25) is 14.8 Å². The molecule has 0 spiro atoms. The van der Waals surface area contributed by atoms with E-state index in [1.807, 2.05) is 6.92 Å². The second-order valence-corrected chi connectivity index (χ2v) is 4.78. The number of nitrogens with zero attached hydrogens (tertiary/aromatic N) is 3. The van der Waals surface area contributed by atoms with E-state index in [1.165, 1.54) is 11.3 Å². The largest absolute Gasteiger partial charge is 0.363 e. The molecule has 1 amide bonds. The van der Waals surface area contributed by atoms with Crippen molar-refractivity contribution in [2.75, 3.05) is 0 Å². The number of hydrogen-bond donors (Lipinski definition) is 2. The van der Waals surface area contributed by atoms with Gasteiger partial charge in [0.25, 0.3) is 5.91 Å². The van der Waals surface area contributed by atoms with Crippen LogP contribution in [0.2, 0.25) is 0 Å². The number of thiazole rings is 1. The molecule has 3 N–H and O–H groups in total. The Hall–Kier alpha value is -1.80. The van der Waals surface area contributed by atoms with Gasteiger partial charge in [0, 0.05) is 6.20 Å². The maximum absolute atomic E-state index is 11.0. The molecule has 1 radical (unpaired) electrons. The molecule has 2 heterocycles. The second kappa shape index (κ2) is 4.22. The molecular weight excluding hydrogens is 258 g/mol. The quantitative estimate of drug-likeness (QED) is 0.787. The summed E-state index contributed by atoms with van der Waals surface area (Å²) in [7, 11) is 0. The van der Waals surface area contributed by atoms with E-state index in [0.717, 1.165) is 0 Å². The number of carbonyl (C=O) groups is 1. The molecule has 0 aromatic carbocycles. The predicted molar refractivity (Wildman–Crippen MR) is 69.4 cm³/mol. The predicted octanol–water partition coefficient (Wildman–Crippen LogP) is 1.23. The van der Waals surface area contributed by atoms with E-state index in [1.54, 1.807) is 16.8 Å². The molecule has 1 aliphatic rings. The molecule has 1 aromatic rings. The van der Waals surface area contributed by atoms with Crippen molar-refractivity contribution >= 4 is 53.2 Å². The van der Waals surface area contributed by atoms with Crippen LogP contribution in [0.25, 0.3) is 6.20 Å². The molecule has 0 unspecified atom stereocenters. The molecule has 0 fully saturated rings. The van der Waals surface area contributed by atoms with Gasteiger partial charge < -0.3 is 5.73 Å². The summed E-state index contributed by atoms with van der Waals surface area (Å²) in [6.45, 7) is 1.84. The Morgan fingerprint density at radius 3 is 2.94 bits per heavy atom. The lowest BCUT2D eigenvalue weighted by atomic mass is 10.3. The number of allylic oxidation sites excluding steroid dienone is 1. The number of nitrogens with one attached hydrogen (secondary N) is 1. The number of aromatic nitrogens is 1. The molecule has 1 aromatic heterocycles. The lowest BCUT2D eigenvalue weighted by Crippen LogP contribution is -2.36. The Bertz CT molecular complexity index is 622. The first-order valence-electron chi connectivity index (χ1n) is 4.62. The van der Waals surface area contributed by atoms with E-state index in [9.17, 15) is 4.79 Å². The molecule has 8 heteroatoms. The number of fused-ring (bicyclic) bond motifs is 1. The smallest absolute Gasteiger partial charge is 0.286 e. The van der Waals surface area contributed by atoms with Gasteiger partial charge in [-0.15, -0.1) is 0 Å². The van der Waals surface area contributed by atoms with Crippen LogP contribution in [0.4, 0.5) is 5.82 Å². The fourth-order valence-corrected chi connectivity index (χ4v) is 2.50. The molecule has 0 aliphatic carbocycles. The highest BCUT2D eigenvalue weighted by atomic mass is 32.1. The lowest BCUT2D eigenvalue weighted by Gasteiger charge is -2.10. The second-order valence-electron chi connectivity index (χ2n) is 3.13. The summed E-state index contributed by atoms with van der Waals surface area (Å²) in [6, 6.07) is 0. The molecule has 0 saturated heterocycles. The highest BCUT2D eigenvalue weighted by Gasteiger charge is 2.25. The number of amides is 1. The van der Waals surface area contributed by atoms with Crippen LogP contribution in [0.15, 0.2) is 11.1 Å². The molecule has 0 atom stereocenters. The minimum Gasteiger partial charge on any atom is -0.363 e. The van der Waals surface area contributed by atoms with E-state index >= 15 is 0 Å². The van der Waals surface area contributed by atoms with Gasteiger partial charge in [-0.2, -0.15) is 0 Å². The summed E-state index contributed by atoms with van der Waals surface area (Å²) >= 11 is 6.38. The average molecular weight is 266 g/mol. The van der Waals surface area contributed by atoms with Crippen LogP contribution in [0.3, 0.4) is 0 Å². The number of primary amides is 1. The number of aliphatic imine (C=N–C) groups is 1. The van der Waals surface area contributed by atoms with Crippen molar-refractivity contribution in [1.29, 1.82) is 5.41 Å². The molecule has 1 aliphatic heterocycles. The third kappa shape index (κ3) is 1.92. The molecule has 0 saturated carbocycles. The summed E-state index contributed by atoms with van der Waals surface area (Å²) in [5, 5.41) is 11.4. The summed E-state index contributed by atoms with van der Waals surface area (Å²) in [5.74, 6) is -0.534. The third-order valence-corrected chi connectivity index (χ3v) is 3.38. The SMILES string of the molecule is CC=Cn1c2c(sc1=S)C(=N)[N]C(C(N)=O)=N2. The van der Waals surface area contributed by atoms with Crippen LogP contribution in [-0.4, -0.2) is 22.1 Å². The first kappa shape index (κ1) is 11.7. The van der Waals surface area contributed by atoms with Crippen LogP contribution in [0, 0.1) is 9.36 Å². The zero-order valence-electron chi connectivity index (χ0n) is 8.80. The lowest BCUT2D eigenvalue weighted by molar-refractivity contribution is -0.112. The van der Waals surface area contributed by atoms with Crippen LogP contribution in [0.1, 0.15) is 11.8 Å². The monoisotopic (exact) mass is 266 g/mol. The number of amidine groups is 2. The van der Waals surface area contributed by atoms with Crippen molar-refractivity contribution in [3.63, 3.8) is 0 Å². The highest BCUT2D eigenvalue weighted by molar-refractivity contribution is 7.73. The fourth-order valence-electron chi connectivity index (χ4n) is 1.31. The van der Waals surface area contributed by atoms with Gasteiger partial charge >= 0.3 is 0 Å². The minimum atomic E-state index is -0.760. The number of hydrogen-bond acceptors (Lipinski definition) is 5. The van der Waals surface area contributed by atoms with Crippen molar-refractivity contribution in [1.82, 2.24) is 9.88 Å². The molecule has 6 nitrogen and oxygen atoms in total. The van der Waals surface area contributed by atoms with E-state index in [4.69, 9.17) is 23.4 Å². The summed E-state index contributed by atoms with van der Waals surface area (Å²) < 4.78 is 2.17. The highest BCUT2D eigenvalue weighted by Crippen LogP contribution is 2.30. The molecular formula is C9H8N5OS2. The Morgan fingerprint density at radius 2 is 2.35 bits per heavy atom. The maximum atomic E-state index is 11.0. The van der Waals surface area contributed by atoms with Crippen molar-refractivity contribution in [3.05, 3.63) is 14.9 Å². The zero-order valence-corrected chi connectivity index (χ0v) is 10.4. The number of rotatable bonds is 2. The van der Waals surface area contributed by atoms with Crippen molar-refractivity contribution < 1.29 is 4.79 Å². The molecule has 17 heavy (non-hydrogen) atoms. The summed E-state index contributed by atoms with van der Waals surface area (Å²) in [6.07, 6.45) is 3.51. The van der Waals surface area contributed by atoms with Crippen LogP contribution in [-0.2, 0) is 4.79 Å². The van der Waals surface area contributed by atoms with E-state index in [0.29, 0.717) is 14.6 Å². The van der Waals surface area contributed by atoms with Crippen molar-refractivity contribution in [2.45, 2.75) is 6.92 Å². The number of carbonyl (C=O) groups excluding carboxylic acids is 1. The average Bonchev–Trinajstić information content (AvgIpc) is 2.57. The fraction of sp³-hybridized carbons (Fsp3) is 0.111. The number of nitrogens with two attached hydrogens (primary N) is 1. The van der Waals surface area contributed by atoms with Gasteiger partial charge in [-0.1, -0.05) is 17.4 Å². The van der Waals surface area contributed by atoms with Crippen LogP contribution in [0.5, 0.6) is 0 Å².